The Kier molecular flexibility index (Phi) is 5.10. The van der Waals surface area contributed by atoms with Crippen LogP contribution in [0.2, 0.25) is 0 Å². The Balaban J connectivity index is 1.35. The van der Waals surface area contributed by atoms with Crippen molar-refractivity contribution in [2.45, 2.75) is 38.1 Å². The fourth-order valence-corrected chi connectivity index (χ4v) is 4.02. The molecule has 2 aromatic rings. The van der Waals surface area contributed by atoms with E-state index < -0.39 is 0 Å². The second-order valence-electron chi connectivity index (χ2n) is 7.41. The zero-order valence-corrected chi connectivity index (χ0v) is 15.4. The molecule has 0 atom stereocenters. The molecule has 1 aliphatic heterocycles. The number of hydrogen-bond acceptors (Lipinski definition) is 2. The molecule has 1 saturated heterocycles. The third kappa shape index (κ3) is 4.13. The van der Waals surface area contributed by atoms with Crippen molar-refractivity contribution in [3.05, 3.63) is 65.2 Å². The van der Waals surface area contributed by atoms with E-state index in [1.807, 2.05) is 35.2 Å². The molecule has 5 nitrogen and oxygen atoms in total. The number of urea groups is 1. The highest BCUT2D eigenvalue weighted by atomic mass is 16.2. The van der Waals surface area contributed by atoms with Gasteiger partial charge in [-0.05, 0) is 61.4 Å². The summed E-state index contributed by atoms with van der Waals surface area (Å²) < 4.78 is 0. The zero-order valence-electron chi connectivity index (χ0n) is 15.4. The number of piperidine rings is 1. The molecule has 5 heteroatoms. The SMILES string of the molecule is O=C(Nc1cccc(C(=O)N2CCCCC2)c1)NC1Cc2ccccc2C1. The van der Waals surface area contributed by atoms with Crippen LogP contribution in [-0.4, -0.2) is 36.0 Å². The molecule has 0 aromatic heterocycles. The van der Waals surface area contributed by atoms with E-state index in [4.69, 9.17) is 0 Å². The van der Waals surface area contributed by atoms with Crippen LogP contribution in [0, 0.1) is 0 Å². The van der Waals surface area contributed by atoms with Gasteiger partial charge in [-0.1, -0.05) is 30.3 Å². The summed E-state index contributed by atoms with van der Waals surface area (Å²) in [5.41, 5.74) is 3.88. The Morgan fingerprint density at radius 3 is 2.30 bits per heavy atom. The lowest BCUT2D eigenvalue weighted by Gasteiger charge is -2.26. The Morgan fingerprint density at radius 1 is 0.889 bits per heavy atom. The van der Waals surface area contributed by atoms with E-state index in [1.54, 1.807) is 6.07 Å². The first-order chi connectivity index (χ1) is 13.2. The van der Waals surface area contributed by atoms with E-state index in [9.17, 15) is 9.59 Å². The maximum Gasteiger partial charge on any atom is 0.319 e. The standard InChI is InChI=1S/C22H25N3O2/c26-21(25-11-4-1-5-12-25)18-9-6-10-19(15-18)23-22(27)24-20-13-16-7-2-3-8-17(16)14-20/h2-3,6-10,15,20H,1,4-5,11-14H2,(H2,23,24,27). The quantitative estimate of drug-likeness (QED) is 0.875. The molecule has 3 amide bonds. The summed E-state index contributed by atoms with van der Waals surface area (Å²) in [5, 5.41) is 5.91. The van der Waals surface area contributed by atoms with Crippen molar-refractivity contribution < 1.29 is 9.59 Å². The lowest BCUT2D eigenvalue weighted by Crippen LogP contribution is -2.38. The molecule has 0 bridgehead atoms. The summed E-state index contributed by atoms with van der Waals surface area (Å²) >= 11 is 0. The van der Waals surface area contributed by atoms with Gasteiger partial charge in [-0.3, -0.25) is 4.79 Å². The minimum absolute atomic E-state index is 0.0463. The van der Waals surface area contributed by atoms with Crippen LogP contribution in [0.25, 0.3) is 0 Å². The monoisotopic (exact) mass is 363 g/mol. The number of hydrogen-bond donors (Lipinski definition) is 2. The summed E-state index contributed by atoms with van der Waals surface area (Å²) in [6.07, 6.45) is 5.04. The number of benzene rings is 2. The topological polar surface area (TPSA) is 61.4 Å². The van der Waals surface area contributed by atoms with Crippen molar-refractivity contribution in [1.29, 1.82) is 0 Å². The van der Waals surface area contributed by atoms with E-state index in [1.165, 1.54) is 17.5 Å². The summed E-state index contributed by atoms with van der Waals surface area (Å²) in [6.45, 7) is 1.64. The van der Waals surface area contributed by atoms with Gasteiger partial charge in [0, 0.05) is 30.4 Å². The van der Waals surface area contributed by atoms with Crippen LogP contribution < -0.4 is 10.6 Å². The Hall–Kier alpha value is -2.82. The summed E-state index contributed by atoms with van der Waals surface area (Å²) in [6, 6.07) is 15.4. The molecule has 4 rings (SSSR count). The predicted octanol–water partition coefficient (Wildman–Crippen LogP) is 3.60. The molecule has 1 aliphatic carbocycles. The Labute approximate surface area is 159 Å². The van der Waals surface area contributed by atoms with E-state index in [2.05, 4.69) is 22.8 Å². The van der Waals surface area contributed by atoms with Gasteiger partial charge in [-0.15, -0.1) is 0 Å². The first-order valence-corrected chi connectivity index (χ1v) is 9.73. The highest BCUT2D eigenvalue weighted by Crippen LogP contribution is 2.22. The van der Waals surface area contributed by atoms with Crippen LogP contribution in [0.5, 0.6) is 0 Å². The van der Waals surface area contributed by atoms with Crippen molar-refractivity contribution in [3.8, 4) is 0 Å². The van der Waals surface area contributed by atoms with Crippen LogP contribution in [0.1, 0.15) is 40.7 Å². The second kappa shape index (κ2) is 7.82. The molecule has 0 unspecified atom stereocenters. The number of carbonyl (C=O) groups is 2. The van der Waals surface area contributed by atoms with Crippen LogP contribution in [0.15, 0.2) is 48.5 Å². The van der Waals surface area contributed by atoms with Crippen LogP contribution in [0.4, 0.5) is 10.5 Å². The molecular formula is C22H25N3O2. The largest absolute Gasteiger partial charge is 0.339 e. The minimum Gasteiger partial charge on any atom is -0.339 e. The van der Waals surface area contributed by atoms with Gasteiger partial charge in [0.2, 0.25) is 0 Å². The van der Waals surface area contributed by atoms with Crippen molar-refractivity contribution in [3.63, 3.8) is 0 Å². The van der Waals surface area contributed by atoms with Gasteiger partial charge in [-0.25, -0.2) is 4.79 Å². The first kappa shape index (κ1) is 17.6. The zero-order chi connectivity index (χ0) is 18.6. The van der Waals surface area contributed by atoms with Crippen LogP contribution >= 0.6 is 0 Å². The summed E-state index contributed by atoms with van der Waals surface area (Å²) in [4.78, 5) is 26.9. The third-order valence-corrected chi connectivity index (χ3v) is 5.40. The Morgan fingerprint density at radius 2 is 1.59 bits per heavy atom. The van der Waals surface area contributed by atoms with Gasteiger partial charge < -0.3 is 15.5 Å². The minimum atomic E-state index is -0.227. The summed E-state index contributed by atoms with van der Waals surface area (Å²) in [5.74, 6) is 0.0463. The number of anilines is 1. The molecule has 2 N–H and O–H groups in total. The smallest absolute Gasteiger partial charge is 0.319 e. The van der Waals surface area contributed by atoms with Crippen LogP contribution in [0.3, 0.4) is 0 Å². The molecule has 2 aromatic carbocycles. The van der Waals surface area contributed by atoms with E-state index in [0.29, 0.717) is 11.3 Å². The van der Waals surface area contributed by atoms with Crippen molar-refractivity contribution in [2.75, 3.05) is 18.4 Å². The molecule has 1 heterocycles. The maximum atomic E-state index is 12.6. The number of carbonyl (C=O) groups excluding carboxylic acids is 2. The number of fused-ring (bicyclic) bond motifs is 1. The average molecular weight is 363 g/mol. The average Bonchev–Trinajstić information content (AvgIpc) is 3.10. The van der Waals surface area contributed by atoms with Gasteiger partial charge >= 0.3 is 6.03 Å². The predicted molar refractivity (Wildman–Crippen MR) is 106 cm³/mol. The normalized spacial score (nSPS) is 16.7. The van der Waals surface area contributed by atoms with Crippen LogP contribution in [-0.2, 0) is 12.8 Å². The second-order valence-corrected chi connectivity index (χ2v) is 7.41. The number of likely N-dealkylation sites (tertiary alicyclic amines) is 1. The van der Waals surface area contributed by atoms with E-state index >= 15 is 0 Å². The fraction of sp³-hybridized carbons (Fsp3) is 0.364. The van der Waals surface area contributed by atoms with Gasteiger partial charge in [0.15, 0.2) is 0 Å². The molecule has 2 aliphatic rings. The Bertz CT molecular complexity index is 818. The van der Waals surface area contributed by atoms with Gasteiger partial charge in [0.05, 0.1) is 0 Å². The molecule has 0 radical (unpaired) electrons. The molecule has 0 saturated carbocycles. The van der Waals surface area contributed by atoms with Crippen molar-refractivity contribution in [2.24, 2.45) is 0 Å². The highest BCUT2D eigenvalue weighted by Gasteiger charge is 2.23. The van der Waals surface area contributed by atoms with Gasteiger partial charge in [-0.2, -0.15) is 0 Å². The lowest BCUT2D eigenvalue weighted by molar-refractivity contribution is 0.0724. The van der Waals surface area contributed by atoms with E-state index in [-0.39, 0.29) is 18.0 Å². The first-order valence-electron chi connectivity index (χ1n) is 9.73. The molecule has 0 spiro atoms. The number of nitrogens with one attached hydrogen (secondary N) is 2. The fourth-order valence-electron chi connectivity index (χ4n) is 4.02. The number of nitrogens with zero attached hydrogens (tertiary/aromatic N) is 1. The molecule has 1 fully saturated rings. The number of rotatable bonds is 3. The summed E-state index contributed by atoms with van der Waals surface area (Å²) in [7, 11) is 0. The lowest BCUT2D eigenvalue weighted by atomic mass is 10.1. The van der Waals surface area contributed by atoms with E-state index in [0.717, 1.165) is 38.8 Å². The van der Waals surface area contributed by atoms with Gasteiger partial charge in [0.25, 0.3) is 5.91 Å². The molecular weight excluding hydrogens is 338 g/mol. The molecule has 27 heavy (non-hydrogen) atoms. The third-order valence-electron chi connectivity index (χ3n) is 5.40. The molecule has 140 valence electrons. The van der Waals surface area contributed by atoms with Gasteiger partial charge in [0.1, 0.15) is 0 Å². The number of amides is 3. The maximum absolute atomic E-state index is 12.6. The van der Waals surface area contributed by atoms with Crippen molar-refractivity contribution in [1.82, 2.24) is 10.2 Å². The van der Waals surface area contributed by atoms with Crippen molar-refractivity contribution >= 4 is 17.6 Å². The highest BCUT2D eigenvalue weighted by molar-refractivity contribution is 5.97.